The maximum Gasteiger partial charge on any atom is 0.117 e. The van der Waals surface area contributed by atoms with Gasteiger partial charge in [-0.1, -0.05) is 102 Å². The van der Waals surface area contributed by atoms with Crippen molar-refractivity contribution in [3.8, 4) is 0 Å². The number of aryl methyl sites for hydroxylation is 1. The zero-order valence-electron chi connectivity index (χ0n) is 21.0. The Bertz CT molecular complexity index is 769. The largest absolute Gasteiger partial charge is 0.380 e. The van der Waals surface area contributed by atoms with E-state index in [-0.39, 0.29) is 11.3 Å². The first kappa shape index (κ1) is 25.6. The fraction of sp³-hybridized carbons (Fsp3) is 0.586. The first-order valence-electron chi connectivity index (χ1n) is 12.3. The van der Waals surface area contributed by atoms with Crippen molar-refractivity contribution in [2.75, 3.05) is 13.1 Å². The van der Waals surface area contributed by atoms with E-state index in [9.17, 15) is 5.11 Å². The number of hydrogen-bond donors (Lipinski definition) is 2. The second-order valence-electron chi connectivity index (χ2n) is 10.3. The molecule has 2 aromatic rings. The van der Waals surface area contributed by atoms with Gasteiger partial charge in [-0.05, 0) is 73.2 Å². The molecule has 2 heteroatoms. The lowest BCUT2D eigenvalue weighted by atomic mass is 9.71. The van der Waals surface area contributed by atoms with Crippen molar-refractivity contribution in [1.82, 2.24) is 5.32 Å². The highest BCUT2D eigenvalue weighted by atomic mass is 16.3. The Balaban J connectivity index is 0.000000614. The fourth-order valence-corrected chi connectivity index (χ4v) is 4.07. The molecule has 1 fully saturated rings. The quantitative estimate of drug-likeness (QED) is 0.526. The number of hydrogen-bond acceptors (Lipinski definition) is 2. The molecule has 2 aromatic carbocycles. The van der Waals surface area contributed by atoms with Crippen LogP contribution in [0.5, 0.6) is 0 Å². The standard InChI is InChI=1S/C24H33NO.C5H12/c1-5-23(3,4)19-10-12-21(13-11-19)24(26,22-14-16-25-17-15-22)20-8-6-18(2)7-9-20;1-4-5(2)3/h6-13,22,25-26H,5,14-17H2,1-4H3;5H,4H2,1-3H3. The van der Waals surface area contributed by atoms with Gasteiger partial charge in [0.05, 0.1) is 0 Å². The summed E-state index contributed by atoms with van der Waals surface area (Å²) in [5.74, 6) is 1.12. The molecule has 0 radical (unpaired) electrons. The van der Waals surface area contributed by atoms with Crippen LogP contribution >= 0.6 is 0 Å². The molecule has 0 aliphatic carbocycles. The van der Waals surface area contributed by atoms with Crippen LogP contribution in [0.3, 0.4) is 0 Å². The maximum atomic E-state index is 12.0. The first-order valence-corrected chi connectivity index (χ1v) is 12.3. The van der Waals surface area contributed by atoms with Gasteiger partial charge in [-0.2, -0.15) is 0 Å². The number of benzene rings is 2. The molecule has 0 amide bonds. The van der Waals surface area contributed by atoms with Crippen LogP contribution in [0.4, 0.5) is 0 Å². The van der Waals surface area contributed by atoms with Gasteiger partial charge >= 0.3 is 0 Å². The molecule has 1 atom stereocenters. The van der Waals surface area contributed by atoms with Crippen LogP contribution in [0.1, 0.15) is 89.5 Å². The van der Waals surface area contributed by atoms with Crippen LogP contribution in [0.15, 0.2) is 48.5 Å². The van der Waals surface area contributed by atoms with Gasteiger partial charge in [0.15, 0.2) is 0 Å². The Hall–Kier alpha value is -1.64. The first-order chi connectivity index (χ1) is 14.6. The predicted molar refractivity (Wildman–Crippen MR) is 135 cm³/mol. The summed E-state index contributed by atoms with van der Waals surface area (Å²) in [6.45, 7) is 17.5. The summed E-state index contributed by atoms with van der Waals surface area (Å²) in [4.78, 5) is 0. The van der Waals surface area contributed by atoms with Gasteiger partial charge in [0, 0.05) is 0 Å². The highest BCUT2D eigenvalue weighted by Gasteiger charge is 2.40. The minimum absolute atomic E-state index is 0.162. The summed E-state index contributed by atoms with van der Waals surface area (Å²) < 4.78 is 0. The van der Waals surface area contributed by atoms with E-state index in [2.05, 4.69) is 102 Å². The number of aliphatic hydroxyl groups is 1. The maximum absolute atomic E-state index is 12.0. The number of piperidine rings is 1. The van der Waals surface area contributed by atoms with Crippen molar-refractivity contribution in [1.29, 1.82) is 0 Å². The van der Waals surface area contributed by atoms with E-state index in [0.717, 1.165) is 49.4 Å². The van der Waals surface area contributed by atoms with E-state index < -0.39 is 5.60 Å². The Morgan fingerprint density at radius 2 is 1.29 bits per heavy atom. The molecule has 1 aliphatic rings. The van der Waals surface area contributed by atoms with Crippen molar-refractivity contribution < 1.29 is 5.11 Å². The molecule has 2 N–H and O–H groups in total. The SMILES string of the molecule is CCC(C)(C)c1ccc(C(O)(c2ccc(C)cc2)C2CCNCC2)cc1.CCC(C)C. The lowest BCUT2D eigenvalue weighted by Crippen LogP contribution is -2.42. The van der Waals surface area contributed by atoms with E-state index in [1.165, 1.54) is 17.5 Å². The van der Waals surface area contributed by atoms with Crippen LogP contribution in [0.25, 0.3) is 0 Å². The monoisotopic (exact) mass is 423 g/mol. The third-order valence-electron chi connectivity index (χ3n) is 7.23. The highest BCUT2D eigenvalue weighted by Crippen LogP contribution is 2.42. The molecular formula is C29H45NO. The van der Waals surface area contributed by atoms with Gasteiger partial charge in [0.2, 0.25) is 0 Å². The molecule has 1 unspecified atom stereocenters. The van der Waals surface area contributed by atoms with Gasteiger partial charge in [0.25, 0.3) is 0 Å². The van der Waals surface area contributed by atoms with Crippen molar-refractivity contribution >= 4 is 0 Å². The van der Waals surface area contributed by atoms with Crippen molar-refractivity contribution in [3.05, 3.63) is 70.8 Å². The molecule has 0 saturated carbocycles. The minimum Gasteiger partial charge on any atom is -0.380 e. The van der Waals surface area contributed by atoms with Crippen LogP contribution < -0.4 is 5.32 Å². The molecule has 172 valence electrons. The number of nitrogens with one attached hydrogen (secondary N) is 1. The van der Waals surface area contributed by atoms with Gasteiger partial charge in [0.1, 0.15) is 5.60 Å². The third-order valence-corrected chi connectivity index (χ3v) is 7.23. The minimum atomic E-state index is -0.926. The zero-order chi connectivity index (χ0) is 23.1. The van der Waals surface area contributed by atoms with E-state index in [4.69, 9.17) is 0 Å². The van der Waals surface area contributed by atoms with Gasteiger partial charge in [-0.3, -0.25) is 0 Å². The van der Waals surface area contributed by atoms with Crippen molar-refractivity contribution in [3.63, 3.8) is 0 Å². The molecule has 0 spiro atoms. The summed E-state index contributed by atoms with van der Waals surface area (Å²) in [7, 11) is 0. The summed E-state index contributed by atoms with van der Waals surface area (Å²) in [6, 6.07) is 17.1. The smallest absolute Gasteiger partial charge is 0.117 e. The molecule has 0 aromatic heterocycles. The molecular weight excluding hydrogens is 378 g/mol. The van der Waals surface area contributed by atoms with Gasteiger partial charge in [-0.25, -0.2) is 0 Å². The summed E-state index contributed by atoms with van der Waals surface area (Å²) in [6.07, 6.45) is 4.39. The molecule has 1 heterocycles. The summed E-state index contributed by atoms with van der Waals surface area (Å²) in [5, 5.41) is 15.4. The second kappa shape index (κ2) is 11.3. The lowest BCUT2D eigenvalue weighted by molar-refractivity contribution is 0.00232. The number of rotatable bonds is 6. The van der Waals surface area contributed by atoms with Crippen LogP contribution in [-0.4, -0.2) is 18.2 Å². The van der Waals surface area contributed by atoms with Crippen LogP contribution in [0.2, 0.25) is 0 Å². The average Bonchev–Trinajstić information content (AvgIpc) is 2.80. The van der Waals surface area contributed by atoms with Gasteiger partial charge in [-0.15, -0.1) is 0 Å². The molecule has 1 aliphatic heterocycles. The zero-order valence-corrected chi connectivity index (χ0v) is 21.0. The van der Waals surface area contributed by atoms with E-state index in [1.54, 1.807) is 0 Å². The second-order valence-corrected chi connectivity index (χ2v) is 10.3. The molecule has 3 rings (SSSR count). The normalized spacial score (nSPS) is 17.1. The predicted octanol–water partition coefficient (Wildman–Crippen LogP) is 6.97. The Morgan fingerprint density at radius 3 is 1.71 bits per heavy atom. The average molecular weight is 424 g/mol. The molecule has 0 bridgehead atoms. The summed E-state index contributed by atoms with van der Waals surface area (Å²) >= 11 is 0. The van der Waals surface area contributed by atoms with E-state index >= 15 is 0 Å². The topological polar surface area (TPSA) is 32.3 Å². The van der Waals surface area contributed by atoms with Gasteiger partial charge < -0.3 is 10.4 Å². The summed E-state index contributed by atoms with van der Waals surface area (Å²) in [5.41, 5.74) is 3.82. The van der Waals surface area contributed by atoms with Crippen molar-refractivity contribution in [2.45, 2.75) is 85.2 Å². The Labute approximate surface area is 191 Å². The molecule has 31 heavy (non-hydrogen) atoms. The van der Waals surface area contributed by atoms with E-state index in [1.807, 2.05) is 0 Å². The van der Waals surface area contributed by atoms with Crippen molar-refractivity contribution in [2.24, 2.45) is 11.8 Å². The van der Waals surface area contributed by atoms with Crippen LogP contribution in [-0.2, 0) is 11.0 Å². The van der Waals surface area contributed by atoms with Crippen LogP contribution in [0, 0.1) is 18.8 Å². The Kier molecular flexibility index (Phi) is 9.33. The highest BCUT2D eigenvalue weighted by molar-refractivity contribution is 5.40. The molecule has 2 nitrogen and oxygen atoms in total. The third kappa shape index (κ3) is 6.43. The van der Waals surface area contributed by atoms with E-state index in [0.29, 0.717) is 0 Å². The fourth-order valence-electron chi connectivity index (χ4n) is 4.07. The molecule has 1 saturated heterocycles. The lowest BCUT2D eigenvalue weighted by Gasteiger charge is -2.40. The Morgan fingerprint density at radius 1 is 0.871 bits per heavy atom.